The van der Waals surface area contributed by atoms with E-state index in [0.29, 0.717) is 6.42 Å². The number of rotatable bonds is 8. The summed E-state index contributed by atoms with van der Waals surface area (Å²) in [6.45, 7) is 5.72. The number of nitrogens with two attached hydrogens (primary N) is 1. The first-order chi connectivity index (χ1) is 10.3. The fourth-order valence-corrected chi connectivity index (χ4v) is 3.67. The van der Waals surface area contributed by atoms with Gasteiger partial charge in [-0.1, -0.05) is 45.4 Å². The molecule has 3 N–H and O–H groups in total. The predicted octanol–water partition coefficient (Wildman–Crippen LogP) is 1.73. The second kappa shape index (κ2) is 8.29. The molecule has 5 nitrogen and oxygen atoms in total. The SMILES string of the molecule is CCC(CS(=O)(=O)c1ccccc1)NC(=O)C(N)C(C)CC. The van der Waals surface area contributed by atoms with E-state index in [1.54, 1.807) is 30.3 Å². The normalized spacial score (nSPS) is 15.8. The molecule has 0 aliphatic carbocycles. The van der Waals surface area contributed by atoms with E-state index in [4.69, 9.17) is 5.73 Å². The predicted molar refractivity (Wildman–Crippen MR) is 88.1 cm³/mol. The molecule has 1 aromatic carbocycles. The minimum Gasteiger partial charge on any atom is -0.351 e. The van der Waals surface area contributed by atoms with Gasteiger partial charge in [0.2, 0.25) is 5.91 Å². The van der Waals surface area contributed by atoms with Gasteiger partial charge in [0.05, 0.1) is 16.7 Å². The van der Waals surface area contributed by atoms with Crippen LogP contribution in [-0.2, 0) is 14.6 Å². The summed E-state index contributed by atoms with van der Waals surface area (Å²) in [5.74, 6) is -0.348. The highest BCUT2D eigenvalue weighted by atomic mass is 32.2. The molecule has 124 valence electrons. The Kier molecular flexibility index (Phi) is 7.03. The summed E-state index contributed by atoms with van der Waals surface area (Å²) in [5, 5.41) is 2.76. The Morgan fingerprint density at radius 2 is 1.77 bits per heavy atom. The van der Waals surface area contributed by atoms with Crippen molar-refractivity contribution in [3.8, 4) is 0 Å². The standard InChI is InChI=1S/C16H26N2O3S/c1-4-12(3)15(17)16(19)18-13(5-2)11-22(20,21)14-9-7-6-8-10-14/h6-10,12-13,15H,4-5,11,17H2,1-3H3,(H,18,19). The molecule has 0 spiro atoms. The molecule has 22 heavy (non-hydrogen) atoms. The largest absolute Gasteiger partial charge is 0.351 e. The van der Waals surface area contributed by atoms with Crippen LogP contribution in [-0.4, -0.2) is 32.2 Å². The second-order valence-corrected chi connectivity index (χ2v) is 7.65. The molecule has 1 rings (SSSR count). The zero-order chi connectivity index (χ0) is 16.8. The van der Waals surface area contributed by atoms with Crippen LogP contribution >= 0.6 is 0 Å². The van der Waals surface area contributed by atoms with Gasteiger partial charge in [-0.2, -0.15) is 0 Å². The van der Waals surface area contributed by atoms with Crippen molar-refractivity contribution >= 4 is 15.7 Å². The number of carbonyl (C=O) groups excluding carboxylic acids is 1. The smallest absolute Gasteiger partial charge is 0.237 e. The molecular weight excluding hydrogens is 300 g/mol. The van der Waals surface area contributed by atoms with Crippen LogP contribution in [0.2, 0.25) is 0 Å². The zero-order valence-electron chi connectivity index (χ0n) is 13.5. The zero-order valence-corrected chi connectivity index (χ0v) is 14.3. The Morgan fingerprint density at radius 3 is 2.27 bits per heavy atom. The molecule has 0 heterocycles. The molecule has 0 saturated carbocycles. The Morgan fingerprint density at radius 1 is 1.18 bits per heavy atom. The van der Waals surface area contributed by atoms with Crippen molar-refractivity contribution in [2.45, 2.75) is 50.6 Å². The first-order valence-corrected chi connectivity index (χ1v) is 9.30. The number of hydrogen-bond acceptors (Lipinski definition) is 4. The first kappa shape index (κ1) is 18.6. The quantitative estimate of drug-likeness (QED) is 0.761. The number of amides is 1. The summed E-state index contributed by atoms with van der Waals surface area (Å²) in [7, 11) is -3.42. The Balaban J connectivity index is 2.75. The average molecular weight is 326 g/mol. The third-order valence-corrected chi connectivity index (χ3v) is 5.75. The van der Waals surface area contributed by atoms with E-state index >= 15 is 0 Å². The lowest BCUT2D eigenvalue weighted by Gasteiger charge is -2.22. The van der Waals surface area contributed by atoms with Crippen molar-refractivity contribution in [1.82, 2.24) is 5.32 Å². The molecule has 0 saturated heterocycles. The number of carbonyl (C=O) groups is 1. The second-order valence-electron chi connectivity index (χ2n) is 5.62. The van der Waals surface area contributed by atoms with Crippen molar-refractivity contribution < 1.29 is 13.2 Å². The van der Waals surface area contributed by atoms with Crippen LogP contribution in [0.15, 0.2) is 35.2 Å². The van der Waals surface area contributed by atoms with Crippen molar-refractivity contribution in [3.05, 3.63) is 30.3 Å². The minimum absolute atomic E-state index is 0.0586. The monoisotopic (exact) mass is 326 g/mol. The Labute approximate surface area is 133 Å². The summed E-state index contributed by atoms with van der Waals surface area (Å²) in [4.78, 5) is 12.4. The topological polar surface area (TPSA) is 89.3 Å². The third kappa shape index (κ3) is 5.10. The number of hydrogen-bond donors (Lipinski definition) is 2. The van der Waals surface area contributed by atoms with Crippen LogP contribution in [0.3, 0.4) is 0 Å². The van der Waals surface area contributed by atoms with Crippen LogP contribution < -0.4 is 11.1 Å². The van der Waals surface area contributed by atoms with Gasteiger partial charge in [-0.15, -0.1) is 0 Å². The van der Waals surface area contributed by atoms with Gasteiger partial charge >= 0.3 is 0 Å². The lowest BCUT2D eigenvalue weighted by molar-refractivity contribution is -0.124. The van der Waals surface area contributed by atoms with Gasteiger partial charge in [0.25, 0.3) is 0 Å². The highest BCUT2D eigenvalue weighted by Gasteiger charge is 2.25. The molecule has 0 fully saturated rings. The van der Waals surface area contributed by atoms with Crippen LogP contribution in [0.1, 0.15) is 33.6 Å². The molecule has 0 bridgehead atoms. The molecule has 0 aliphatic heterocycles. The van der Waals surface area contributed by atoms with E-state index in [1.165, 1.54) is 0 Å². The molecular formula is C16H26N2O3S. The van der Waals surface area contributed by atoms with E-state index < -0.39 is 21.9 Å². The van der Waals surface area contributed by atoms with Crippen molar-refractivity contribution in [3.63, 3.8) is 0 Å². The molecule has 0 aromatic heterocycles. The van der Waals surface area contributed by atoms with E-state index in [-0.39, 0.29) is 22.5 Å². The molecule has 3 unspecified atom stereocenters. The molecule has 1 amide bonds. The lowest BCUT2D eigenvalue weighted by Crippen LogP contribution is -2.49. The summed E-state index contributed by atoms with van der Waals surface area (Å²) >= 11 is 0. The van der Waals surface area contributed by atoms with Gasteiger partial charge in [0, 0.05) is 6.04 Å². The lowest BCUT2D eigenvalue weighted by atomic mass is 9.99. The summed E-state index contributed by atoms with van der Waals surface area (Å²) in [6, 6.07) is 7.22. The number of benzene rings is 1. The summed E-state index contributed by atoms with van der Waals surface area (Å²) in [6.07, 6.45) is 1.33. The van der Waals surface area contributed by atoms with E-state index in [2.05, 4.69) is 5.32 Å². The third-order valence-electron chi connectivity index (χ3n) is 3.92. The summed E-state index contributed by atoms with van der Waals surface area (Å²) in [5.41, 5.74) is 5.89. The van der Waals surface area contributed by atoms with Gasteiger partial charge < -0.3 is 11.1 Å². The maximum absolute atomic E-state index is 12.4. The van der Waals surface area contributed by atoms with Crippen molar-refractivity contribution in [2.24, 2.45) is 11.7 Å². The van der Waals surface area contributed by atoms with Crippen LogP contribution in [0.25, 0.3) is 0 Å². The molecule has 1 aromatic rings. The number of sulfone groups is 1. The van der Waals surface area contributed by atoms with Crippen LogP contribution in [0.5, 0.6) is 0 Å². The molecule has 6 heteroatoms. The first-order valence-electron chi connectivity index (χ1n) is 7.65. The minimum atomic E-state index is -3.42. The fourth-order valence-electron chi connectivity index (χ4n) is 2.06. The molecule has 0 aliphatic rings. The Hall–Kier alpha value is -1.40. The van der Waals surface area contributed by atoms with Crippen LogP contribution in [0.4, 0.5) is 0 Å². The van der Waals surface area contributed by atoms with Crippen molar-refractivity contribution in [1.29, 1.82) is 0 Å². The highest BCUT2D eigenvalue weighted by Crippen LogP contribution is 2.13. The Bertz CT molecular complexity index is 572. The highest BCUT2D eigenvalue weighted by molar-refractivity contribution is 7.91. The van der Waals surface area contributed by atoms with Crippen molar-refractivity contribution in [2.75, 3.05) is 5.75 Å². The number of nitrogens with one attached hydrogen (secondary N) is 1. The van der Waals surface area contributed by atoms with E-state index in [0.717, 1.165) is 6.42 Å². The van der Waals surface area contributed by atoms with Gasteiger partial charge in [0.1, 0.15) is 0 Å². The maximum atomic E-state index is 12.4. The van der Waals surface area contributed by atoms with E-state index in [1.807, 2.05) is 20.8 Å². The van der Waals surface area contributed by atoms with Crippen LogP contribution in [0, 0.1) is 5.92 Å². The fraction of sp³-hybridized carbons (Fsp3) is 0.562. The van der Waals surface area contributed by atoms with Gasteiger partial charge in [0.15, 0.2) is 9.84 Å². The molecule has 3 atom stereocenters. The van der Waals surface area contributed by atoms with Gasteiger partial charge in [-0.05, 0) is 24.5 Å². The maximum Gasteiger partial charge on any atom is 0.237 e. The average Bonchev–Trinajstić information content (AvgIpc) is 2.53. The molecule has 0 radical (unpaired) electrons. The van der Waals surface area contributed by atoms with Gasteiger partial charge in [-0.3, -0.25) is 4.79 Å². The van der Waals surface area contributed by atoms with Gasteiger partial charge in [-0.25, -0.2) is 8.42 Å². The summed E-state index contributed by atoms with van der Waals surface area (Å²) < 4.78 is 24.7. The van der Waals surface area contributed by atoms with E-state index in [9.17, 15) is 13.2 Å².